The second-order valence-corrected chi connectivity index (χ2v) is 10.5. The van der Waals surface area contributed by atoms with Crippen LogP contribution in [0.5, 0.6) is 0 Å². The van der Waals surface area contributed by atoms with Crippen molar-refractivity contribution in [3.05, 3.63) is 47.1 Å². The summed E-state index contributed by atoms with van der Waals surface area (Å²) in [7, 11) is 2.06. The molecule has 196 valence electrons. The van der Waals surface area contributed by atoms with Crippen LogP contribution >= 0.6 is 11.6 Å². The molecule has 10 heteroatoms. The molecule has 3 N–H and O–H groups in total. The molecule has 0 unspecified atom stereocenters. The molecule has 0 spiro atoms. The summed E-state index contributed by atoms with van der Waals surface area (Å²) in [6.07, 6.45) is 5.78. The second-order valence-electron chi connectivity index (χ2n) is 10.1. The van der Waals surface area contributed by atoms with E-state index in [0.29, 0.717) is 29.3 Å². The van der Waals surface area contributed by atoms with Gasteiger partial charge in [-0.2, -0.15) is 0 Å². The van der Waals surface area contributed by atoms with E-state index in [2.05, 4.69) is 38.3 Å². The smallest absolute Gasteiger partial charge is 0.410 e. The average molecular weight is 516 g/mol. The van der Waals surface area contributed by atoms with Crippen molar-refractivity contribution in [2.24, 2.45) is 11.7 Å². The minimum Gasteiger partial charge on any atom is -0.444 e. The number of rotatable bonds is 8. The number of hydrogen-bond donors (Lipinski definition) is 2. The van der Waals surface area contributed by atoms with Crippen LogP contribution in [0.3, 0.4) is 0 Å². The molecule has 1 amide bonds. The van der Waals surface area contributed by atoms with Gasteiger partial charge in [-0.15, -0.1) is 0 Å². The van der Waals surface area contributed by atoms with Crippen molar-refractivity contribution in [1.82, 2.24) is 19.9 Å². The second kappa shape index (κ2) is 12.3. The fourth-order valence-electron chi connectivity index (χ4n) is 4.05. The van der Waals surface area contributed by atoms with E-state index in [9.17, 15) is 4.79 Å². The Morgan fingerprint density at radius 1 is 1.31 bits per heavy atom. The van der Waals surface area contributed by atoms with Crippen molar-refractivity contribution in [2.45, 2.75) is 59.1 Å². The summed E-state index contributed by atoms with van der Waals surface area (Å²) in [6.45, 7) is 10.6. The number of aromatic nitrogens is 3. The van der Waals surface area contributed by atoms with Crippen molar-refractivity contribution in [1.29, 1.82) is 0 Å². The minimum absolute atomic E-state index is 0.220. The number of allylic oxidation sites excluding steroid dienone is 1. The lowest BCUT2D eigenvalue weighted by atomic mass is 9.96. The first-order valence-corrected chi connectivity index (χ1v) is 12.8. The summed E-state index contributed by atoms with van der Waals surface area (Å²) >= 11 is 6.17. The molecule has 1 saturated heterocycles. The Morgan fingerprint density at radius 2 is 2.03 bits per heavy atom. The van der Waals surface area contributed by atoms with Gasteiger partial charge in [0.25, 0.3) is 0 Å². The number of ether oxygens (including phenoxy) is 1. The molecule has 0 bridgehead atoms. The van der Waals surface area contributed by atoms with E-state index in [-0.39, 0.29) is 6.09 Å². The number of nitrogens with one attached hydrogen (secondary N) is 1. The molecule has 9 nitrogen and oxygen atoms in total. The number of piperidine rings is 1. The SMILES string of the molecule is CC/C(=C/N)c1nc(Cl)cc(NCc2ccc(N(C)CC3CCN(C(=O)OC(C)(C)C)CC3)nc2)n1. The van der Waals surface area contributed by atoms with Crippen LogP contribution in [-0.4, -0.2) is 58.2 Å². The maximum absolute atomic E-state index is 12.3. The molecular formula is C26H38ClN7O2. The van der Waals surface area contributed by atoms with Gasteiger partial charge >= 0.3 is 6.09 Å². The van der Waals surface area contributed by atoms with Gasteiger partial charge in [0.1, 0.15) is 22.4 Å². The van der Waals surface area contributed by atoms with Gasteiger partial charge in [-0.3, -0.25) is 0 Å². The molecule has 0 saturated carbocycles. The van der Waals surface area contributed by atoms with Crippen LogP contribution in [0.25, 0.3) is 5.57 Å². The zero-order valence-electron chi connectivity index (χ0n) is 21.9. The molecule has 3 rings (SSSR count). The van der Waals surface area contributed by atoms with Crippen molar-refractivity contribution < 1.29 is 9.53 Å². The van der Waals surface area contributed by atoms with Gasteiger partial charge in [0.05, 0.1) is 0 Å². The van der Waals surface area contributed by atoms with Crippen LogP contribution in [0.4, 0.5) is 16.4 Å². The summed E-state index contributed by atoms with van der Waals surface area (Å²) in [6, 6.07) is 5.77. The molecule has 3 heterocycles. The van der Waals surface area contributed by atoms with Crippen LogP contribution in [-0.2, 0) is 11.3 Å². The van der Waals surface area contributed by atoms with Gasteiger partial charge in [0, 0.05) is 57.3 Å². The zero-order valence-corrected chi connectivity index (χ0v) is 22.7. The van der Waals surface area contributed by atoms with E-state index in [1.165, 1.54) is 6.20 Å². The first kappa shape index (κ1) is 27.5. The third-order valence-electron chi connectivity index (χ3n) is 6.04. The number of hydrogen-bond acceptors (Lipinski definition) is 8. The third-order valence-corrected chi connectivity index (χ3v) is 6.23. The highest BCUT2D eigenvalue weighted by Gasteiger charge is 2.27. The van der Waals surface area contributed by atoms with Crippen LogP contribution in [0, 0.1) is 5.92 Å². The monoisotopic (exact) mass is 515 g/mol. The van der Waals surface area contributed by atoms with Gasteiger partial charge in [0.15, 0.2) is 5.82 Å². The Bertz CT molecular complexity index is 1050. The van der Waals surface area contributed by atoms with E-state index < -0.39 is 5.60 Å². The zero-order chi connectivity index (χ0) is 26.3. The number of pyridine rings is 1. The van der Waals surface area contributed by atoms with E-state index in [0.717, 1.165) is 55.9 Å². The van der Waals surface area contributed by atoms with Gasteiger partial charge in [-0.05, 0) is 57.6 Å². The predicted octanol–water partition coefficient (Wildman–Crippen LogP) is 4.93. The van der Waals surface area contributed by atoms with E-state index in [4.69, 9.17) is 22.1 Å². The maximum Gasteiger partial charge on any atom is 0.410 e. The van der Waals surface area contributed by atoms with Crippen molar-refractivity contribution in [2.75, 3.05) is 36.9 Å². The van der Waals surface area contributed by atoms with E-state index >= 15 is 0 Å². The Balaban J connectivity index is 1.50. The van der Waals surface area contributed by atoms with Gasteiger partial charge in [0.2, 0.25) is 0 Å². The number of nitrogens with zero attached hydrogens (tertiary/aromatic N) is 5. The van der Waals surface area contributed by atoms with Gasteiger partial charge in [-0.25, -0.2) is 19.7 Å². The lowest BCUT2D eigenvalue weighted by Crippen LogP contribution is -2.43. The number of likely N-dealkylation sites (tertiary alicyclic amines) is 1. The topological polar surface area (TPSA) is 110 Å². The standard InChI is InChI=1S/C26H38ClN7O2/c1-6-20(14-28)24-31-21(27)13-22(32-24)29-15-19-7-8-23(30-16-19)33(5)17-18-9-11-34(12-10-18)25(35)36-26(2,3)4/h7-8,13-14,16,18H,6,9-12,15,17,28H2,1-5H3,(H,29,31,32)/b20-14-. The average Bonchev–Trinajstić information content (AvgIpc) is 2.83. The number of carbonyl (C=O) groups is 1. The first-order chi connectivity index (χ1) is 17.1. The van der Waals surface area contributed by atoms with E-state index in [1.807, 2.05) is 44.9 Å². The highest BCUT2D eigenvalue weighted by Crippen LogP contribution is 2.23. The van der Waals surface area contributed by atoms with Crippen molar-refractivity contribution in [3.63, 3.8) is 0 Å². The maximum atomic E-state index is 12.3. The molecule has 0 atom stereocenters. The highest BCUT2D eigenvalue weighted by atomic mass is 35.5. The lowest BCUT2D eigenvalue weighted by molar-refractivity contribution is 0.0186. The highest BCUT2D eigenvalue weighted by molar-refractivity contribution is 6.29. The number of halogens is 1. The number of nitrogens with two attached hydrogens (primary N) is 1. The largest absolute Gasteiger partial charge is 0.444 e. The van der Waals surface area contributed by atoms with Crippen LogP contribution in [0.15, 0.2) is 30.6 Å². The first-order valence-electron chi connectivity index (χ1n) is 12.4. The number of amides is 1. The summed E-state index contributed by atoms with van der Waals surface area (Å²) in [5.41, 5.74) is 7.08. The number of carbonyl (C=O) groups excluding carboxylic acids is 1. The predicted molar refractivity (Wildman–Crippen MR) is 145 cm³/mol. The van der Waals surface area contributed by atoms with Gasteiger partial charge < -0.3 is 25.6 Å². The summed E-state index contributed by atoms with van der Waals surface area (Å²) < 4.78 is 5.49. The summed E-state index contributed by atoms with van der Waals surface area (Å²) in [5.74, 6) is 2.59. The lowest BCUT2D eigenvalue weighted by Gasteiger charge is -2.35. The molecule has 36 heavy (non-hydrogen) atoms. The Kier molecular flexibility index (Phi) is 9.37. The van der Waals surface area contributed by atoms with Crippen LogP contribution < -0.4 is 16.0 Å². The molecule has 2 aromatic heterocycles. The molecule has 2 aromatic rings. The summed E-state index contributed by atoms with van der Waals surface area (Å²) in [5, 5.41) is 3.65. The fourth-order valence-corrected chi connectivity index (χ4v) is 4.23. The molecule has 1 aliphatic heterocycles. The number of anilines is 2. The normalized spacial score (nSPS) is 15.1. The molecule has 1 fully saturated rings. The molecule has 0 aliphatic carbocycles. The molecular weight excluding hydrogens is 478 g/mol. The Labute approximate surface area is 219 Å². The van der Waals surface area contributed by atoms with Crippen molar-refractivity contribution >= 4 is 34.9 Å². The molecule has 1 aliphatic rings. The molecule has 0 radical (unpaired) electrons. The quantitative estimate of drug-likeness (QED) is 0.476. The Hall–Kier alpha value is -3.07. The fraction of sp³-hybridized carbons (Fsp3) is 0.538. The van der Waals surface area contributed by atoms with Crippen molar-refractivity contribution in [3.8, 4) is 0 Å². The van der Waals surface area contributed by atoms with Gasteiger partial charge in [-0.1, -0.05) is 24.6 Å². The van der Waals surface area contributed by atoms with Crippen LogP contribution in [0.2, 0.25) is 5.15 Å². The van der Waals surface area contributed by atoms with Crippen LogP contribution in [0.1, 0.15) is 58.3 Å². The van der Waals surface area contributed by atoms with E-state index in [1.54, 1.807) is 6.07 Å². The Morgan fingerprint density at radius 3 is 2.61 bits per heavy atom. The summed E-state index contributed by atoms with van der Waals surface area (Å²) in [4.78, 5) is 29.7. The third kappa shape index (κ3) is 7.98. The minimum atomic E-state index is -0.466. The molecule has 0 aromatic carbocycles.